The van der Waals surface area contributed by atoms with Gasteiger partial charge in [0, 0.05) is 63.7 Å². The van der Waals surface area contributed by atoms with Crippen LogP contribution in [0.5, 0.6) is 0 Å². The van der Waals surface area contributed by atoms with Crippen LogP contribution >= 0.6 is 0 Å². The molecule has 0 bridgehead atoms. The monoisotopic (exact) mass is 1570 g/mol. The summed E-state index contributed by atoms with van der Waals surface area (Å²) in [6.07, 6.45) is -0.900. The number of aryl methyl sites for hydroxylation is 10. The summed E-state index contributed by atoms with van der Waals surface area (Å²) in [4.78, 5) is 33.2. The maximum absolute atomic E-state index is 14.7. The van der Waals surface area contributed by atoms with E-state index in [0.717, 1.165) is 78.5 Å². The molecule has 5 atom stereocenters. The molecule has 0 saturated heterocycles. The SMILES string of the molecule is [C-]#[N+]c1c(F)cc2c(c1F)N(C)[C@H](C)N2c1c(C)cccc1C.[C-]#[N+]c1c(F)cc2c(c1F)N(C)[C@H](C)N2c1cc(C)c(C)cc1C.[C-]#[N+]c1c(F)cc2c(c1F)N(C)[C@H](C)N2c1cc(C)ccc1C.[C-]#[N+]c1c(F)cc2c(c1F)N(C)[C@H](C)N2c1ccc(C)cc1C.[C-]#[N+]c1c(F)cc2c(c1F)N(C)[C@H](C)N2c1ccccc1C. The highest BCUT2D eigenvalue weighted by atomic mass is 19.2. The van der Waals surface area contributed by atoms with Crippen molar-refractivity contribution in [2.45, 2.75) is 135 Å². The second kappa shape index (κ2) is 32.2. The van der Waals surface area contributed by atoms with E-state index in [4.69, 9.17) is 32.9 Å². The van der Waals surface area contributed by atoms with Crippen molar-refractivity contribution in [2.24, 2.45) is 0 Å². The number of hydrogen-bond acceptors (Lipinski definition) is 10. The Morgan fingerprint density at radius 3 is 0.835 bits per heavy atom. The lowest BCUT2D eigenvalue weighted by atomic mass is 10.0. The number of halogens is 10. The highest BCUT2D eigenvalue weighted by molar-refractivity contribution is 5.93. The van der Waals surface area contributed by atoms with Gasteiger partial charge in [-0.15, -0.1) is 0 Å². The predicted octanol–water partition coefficient (Wildman–Crippen LogP) is 25.3. The van der Waals surface area contributed by atoms with Crippen molar-refractivity contribution in [3.05, 3.63) is 292 Å². The topological polar surface area (TPSA) is 54.2 Å². The molecule has 0 unspecified atom stereocenters. The van der Waals surface area contributed by atoms with Gasteiger partial charge in [-0.1, -0.05) is 72.3 Å². The van der Waals surface area contributed by atoms with Crippen LogP contribution in [0.15, 0.2) is 121 Å². The van der Waals surface area contributed by atoms with Crippen LogP contribution in [-0.2, 0) is 0 Å². The van der Waals surface area contributed by atoms with Crippen molar-refractivity contribution in [2.75, 3.05) is 84.2 Å². The molecule has 25 heteroatoms. The fraction of sp³-hybridized carbons (Fsp3) is 0.278. The molecule has 5 aliphatic heterocycles. The van der Waals surface area contributed by atoms with E-state index in [2.05, 4.69) is 30.3 Å². The Morgan fingerprint density at radius 2 is 0.496 bits per heavy atom. The van der Waals surface area contributed by atoms with E-state index in [9.17, 15) is 43.9 Å². The second-order valence-corrected chi connectivity index (χ2v) is 29.4. The Balaban J connectivity index is 0.000000142. The zero-order valence-corrected chi connectivity index (χ0v) is 67.4. The molecule has 15 nitrogen and oxygen atoms in total. The van der Waals surface area contributed by atoms with Crippen molar-refractivity contribution in [1.29, 1.82) is 0 Å². The van der Waals surface area contributed by atoms with E-state index in [1.807, 2.05) is 213 Å². The Morgan fingerprint density at radius 1 is 0.235 bits per heavy atom. The molecular weight excluding hydrogens is 1480 g/mol. The Labute approximate surface area is 665 Å². The van der Waals surface area contributed by atoms with Gasteiger partial charge in [-0.2, -0.15) is 0 Å². The predicted molar refractivity (Wildman–Crippen MR) is 443 cm³/mol. The summed E-state index contributed by atoms with van der Waals surface area (Å²) in [7, 11) is 8.77. The van der Waals surface area contributed by atoms with E-state index in [-0.39, 0.29) is 59.3 Å². The standard InChI is InChI=1S/C19H19F2N3.3C18H17F2N3.C17H15F2N3/c1-10-7-12(3)15(8-11(10)2)24-13(4)23(6)19-16(24)9-14(20)18(22-5)17(19)21;1-10-6-7-14(11(2)8-10)23-12(3)22(5)18-15(23)9-13(19)17(21-4)16(18)20;1-10-6-7-11(2)14(8-10)23-12(3)22(5)18-15(23)9-13(19)17(21-4)16(18)20;1-10-7-6-8-11(2)17(10)23-12(3)22(5)18-14(23)9-13(19)16(21-4)15(18)20;1-10-7-5-6-8-13(10)22-11(2)21(4)17-14(22)9-12(18)16(20-3)15(17)19/h7-9,13H,1-4,6H3;3*6-9,12H,1-3,5H3;5-9,11H,1-2,4H3/t13-;3*12-;11-/m00000/s1. The molecule has 0 fully saturated rings. The maximum atomic E-state index is 14.7. The average molecular weight is 1570 g/mol. The van der Waals surface area contributed by atoms with Crippen LogP contribution in [0.1, 0.15) is 90.3 Å². The molecular formula is C90H85F10N15. The minimum Gasteiger partial charge on any atom is -0.351 e. The first-order valence-corrected chi connectivity index (χ1v) is 36.8. The van der Waals surface area contributed by atoms with E-state index >= 15 is 0 Å². The molecule has 5 heterocycles. The smallest absolute Gasteiger partial charge is 0.259 e. The summed E-state index contributed by atoms with van der Waals surface area (Å²) in [5.74, 6) is -8.10. The van der Waals surface area contributed by atoms with Gasteiger partial charge in [0.1, 0.15) is 59.9 Å². The average Bonchev–Trinajstić information content (AvgIpc) is 1.63. The van der Waals surface area contributed by atoms with Crippen LogP contribution in [0.2, 0.25) is 0 Å². The number of hydrogen-bond donors (Lipinski definition) is 0. The third kappa shape index (κ3) is 14.2. The first-order chi connectivity index (χ1) is 54.3. The number of para-hydroxylation sites is 2. The Kier molecular flexibility index (Phi) is 23.2. The van der Waals surface area contributed by atoms with Crippen molar-refractivity contribution in [3.63, 3.8) is 0 Å². The molecule has 0 aromatic heterocycles. The molecule has 10 aromatic carbocycles. The third-order valence-corrected chi connectivity index (χ3v) is 22.4. The molecule has 0 spiro atoms. The number of benzene rings is 10. The van der Waals surface area contributed by atoms with Gasteiger partial charge in [-0.25, -0.2) is 68.1 Å². The third-order valence-electron chi connectivity index (χ3n) is 22.4. The van der Waals surface area contributed by atoms with E-state index in [1.54, 1.807) is 59.7 Å². The Hall–Kier alpha value is -13.1. The lowest BCUT2D eigenvalue weighted by Crippen LogP contribution is -2.36. The van der Waals surface area contributed by atoms with Crippen LogP contribution in [-0.4, -0.2) is 66.1 Å². The first kappa shape index (κ1) is 82.9. The lowest BCUT2D eigenvalue weighted by molar-refractivity contribution is 0.593. The number of anilines is 15. The van der Waals surface area contributed by atoms with Gasteiger partial charge in [-0.05, 0) is 209 Å². The maximum Gasteiger partial charge on any atom is 0.259 e. The fourth-order valence-corrected chi connectivity index (χ4v) is 15.8. The normalized spacial score (nSPS) is 16.5. The lowest BCUT2D eigenvalue weighted by Gasteiger charge is -2.30. The fourth-order valence-electron chi connectivity index (χ4n) is 15.8. The first-order valence-electron chi connectivity index (χ1n) is 36.8. The van der Waals surface area contributed by atoms with Crippen molar-refractivity contribution >= 4 is 114 Å². The highest BCUT2D eigenvalue weighted by Gasteiger charge is 2.43. The largest absolute Gasteiger partial charge is 0.351 e. The van der Waals surface area contributed by atoms with Crippen molar-refractivity contribution in [3.8, 4) is 0 Å². The van der Waals surface area contributed by atoms with E-state index in [1.165, 1.54) is 35.9 Å². The van der Waals surface area contributed by atoms with E-state index < -0.39 is 86.6 Å². The molecule has 5 aliphatic rings. The van der Waals surface area contributed by atoms with Gasteiger partial charge in [0.15, 0.2) is 29.1 Å². The van der Waals surface area contributed by atoms with Crippen molar-refractivity contribution in [1.82, 2.24) is 0 Å². The quantitative estimate of drug-likeness (QED) is 0.123. The molecule has 15 rings (SSSR count). The van der Waals surface area contributed by atoms with Crippen LogP contribution in [0, 0.1) is 160 Å². The molecule has 10 aromatic rings. The number of rotatable bonds is 5. The van der Waals surface area contributed by atoms with Gasteiger partial charge in [-0.3, -0.25) is 0 Å². The van der Waals surface area contributed by atoms with Gasteiger partial charge in [0.05, 0.1) is 89.7 Å². The minimum absolute atomic E-state index is 0.175. The molecule has 0 amide bonds. The van der Waals surface area contributed by atoms with Crippen LogP contribution in [0.25, 0.3) is 24.2 Å². The number of fused-ring (bicyclic) bond motifs is 5. The molecule has 0 radical (unpaired) electrons. The minimum atomic E-state index is -0.827. The summed E-state index contributed by atoms with van der Waals surface area (Å²) in [5.41, 5.74) is 16.2. The zero-order valence-electron chi connectivity index (χ0n) is 67.4. The Bertz CT molecular complexity index is 5810. The molecule has 0 saturated carbocycles. The second-order valence-electron chi connectivity index (χ2n) is 29.4. The summed E-state index contributed by atoms with van der Waals surface area (Å²) >= 11 is 0. The summed E-state index contributed by atoms with van der Waals surface area (Å²) < 4.78 is 144. The zero-order chi connectivity index (χ0) is 84.4. The van der Waals surface area contributed by atoms with Crippen LogP contribution in [0.3, 0.4) is 0 Å². The van der Waals surface area contributed by atoms with Gasteiger partial charge < -0.3 is 49.0 Å². The van der Waals surface area contributed by atoms with Crippen molar-refractivity contribution < 1.29 is 43.9 Å². The molecule has 590 valence electrons. The molecule has 0 aliphatic carbocycles. The van der Waals surface area contributed by atoms with Gasteiger partial charge >= 0.3 is 0 Å². The van der Waals surface area contributed by atoms with Gasteiger partial charge in [0.25, 0.3) is 28.4 Å². The molecule has 0 N–H and O–H groups in total. The summed E-state index contributed by atoms with van der Waals surface area (Å²) in [6, 6.07) is 36.0. The number of nitrogens with zero attached hydrogens (tertiary/aromatic N) is 15. The molecule has 115 heavy (non-hydrogen) atoms. The van der Waals surface area contributed by atoms with Gasteiger partial charge in [0.2, 0.25) is 0 Å². The van der Waals surface area contributed by atoms with Crippen LogP contribution < -0.4 is 49.0 Å². The van der Waals surface area contributed by atoms with Crippen LogP contribution in [0.4, 0.5) is 158 Å². The highest BCUT2D eigenvalue weighted by Crippen LogP contribution is 2.55. The van der Waals surface area contributed by atoms with E-state index in [0.29, 0.717) is 28.4 Å². The summed E-state index contributed by atoms with van der Waals surface area (Å²) in [6.45, 7) is 64.5. The summed E-state index contributed by atoms with van der Waals surface area (Å²) in [5, 5.41) is 0.